The van der Waals surface area contributed by atoms with Gasteiger partial charge >= 0.3 is 170 Å². The normalized spacial score (nSPS) is 23.1. The molecule has 3 N–H and O–H groups in total. The summed E-state index contributed by atoms with van der Waals surface area (Å²) in [5.41, 5.74) is -1.14. The van der Waals surface area contributed by atoms with E-state index in [4.69, 9.17) is 14.5 Å². The average molecular weight is 430 g/mol. The van der Waals surface area contributed by atoms with Crippen molar-refractivity contribution in [2.45, 2.75) is 71.1 Å². The zero-order chi connectivity index (χ0) is 21.8. The summed E-state index contributed by atoms with van der Waals surface area (Å²) in [6, 6.07) is 3.27. The van der Waals surface area contributed by atoms with Crippen LogP contribution in [-0.4, -0.2) is 61.3 Å². The van der Waals surface area contributed by atoms with Gasteiger partial charge in [0.15, 0.2) is 0 Å². The zero-order valence-electron chi connectivity index (χ0n) is 17.2. The van der Waals surface area contributed by atoms with E-state index in [1.165, 1.54) is 16.8 Å². The van der Waals surface area contributed by atoms with Crippen molar-refractivity contribution >= 4 is 7.87 Å². The van der Waals surface area contributed by atoms with Crippen LogP contribution in [0.15, 0.2) is 21.9 Å². The fourth-order valence-corrected chi connectivity index (χ4v) is 6.84. The number of hydrogen-bond acceptors (Lipinski definition) is 8. The van der Waals surface area contributed by atoms with Crippen LogP contribution < -0.4 is 11.2 Å². The Labute approximate surface area is 170 Å². The van der Waals surface area contributed by atoms with Gasteiger partial charge in [-0.05, 0) is 0 Å². The monoisotopic (exact) mass is 430 g/mol. The third-order valence-corrected chi connectivity index (χ3v) is 8.29. The molecule has 0 radical (unpaired) electrons. The molecule has 3 atom stereocenters. The molecule has 29 heavy (non-hydrogen) atoms. The first kappa shape index (κ1) is 23.7. The molecule has 0 saturated carbocycles. The van der Waals surface area contributed by atoms with E-state index in [-0.39, 0.29) is 37.7 Å². The van der Waals surface area contributed by atoms with Crippen LogP contribution in [0.3, 0.4) is 0 Å². The van der Waals surface area contributed by atoms with E-state index >= 15 is 0 Å². The molecule has 0 aromatic carbocycles. The summed E-state index contributed by atoms with van der Waals surface area (Å²) in [7, 11) is -3.44. The molecule has 2 heterocycles. The molecular formula is C18H31N4O6P. The second-order valence-corrected chi connectivity index (χ2v) is 10.5. The minimum absolute atomic E-state index is 0.00671. The number of aliphatic hydroxyl groups is 1. The van der Waals surface area contributed by atoms with E-state index < -0.39 is 37.6 Å². The van der Waals surface area contributed by atoms with Crippen LogP contribution in [0.5, 0.6) is 0 Å². The third-order valence-electron chi connectivity index (χ3n) is 4.92. The van der Waals surface area contributed by atoms with Crippen LogP contribution in [-0.2, 0) is 9.26 Å². The second-order valence-electron chi connectivity index (χ2n) is 7.76. The molecule has 0 bridgehead atoms. The van der Waals surface area contributed by atoms with Gasteiger partial charge in [-0.2, -0.15) is 0 Å². The Morgan fingerprint density at radius 1 is 1.41 bits per heavy atom. The third kappa shape index (κ3) is 5.72. The summed E-state index contributed by atoms with van der Waals surface area (Å²) < 4.78 is 14.8. The van der Waals surface area contributed by atoms with Crippen molar-refractivity contribution in [2.75, 3.05) is 12.8 Å². The van der Waals surface area contributed by atoms with Crippen LogP contribution in [0.4, 0.5) is 0 Å². The van der Waals surface area contributed by atoms with E-state index in [9.17, 15) is 19.6 Å². The molecule has 10 nitrogen and oxygen atoms in total. The number of nitriles is 1. The number of nitrogens with one attached hydrogen (secondary N) is 1. The molecule has 11 heteroatoms. The van der Waals surface area contributed by atoms with Crippen LogP contribution >= 0.6 is 7.87 Å². The van der Waals surface area contributed by atoms with Crippen LogP contribution in [0.2, 0.25) is 0 Å². The van der Waals surface area contributed by atoms with Crippen molar-refractivity contribution in [1.29, 1.82) is 5.26 Å². The number of aliphatic hydroxyl groups excluding tert-OH is 1. The molecule has 0 unspecified atom stereocenters. The number of H-pyrrole nitrogens is 1. The number of aromatic amines is 1. The predicted octanol–water partition coefficient (Wildman–Crippen LogP) is 0.721. The van der Waals surface area contributed by atoms with Gasteiger partial charge in [-0.25, -0.2) is 0 Å². The maximum atomic E-state index is 12.0. The Bertz CT molecular complexity index is 827. The number of nitrogens with zero attached hydrogens (tertiary/aromatic N) is 3. The van der Waals surface area contributed by atoms with Crippen molar-refractivity contribution in [3.05, 3.63) is 33.1 Å². The van der Waals surface area contributed by atoms with Crippen LogP contribution in [0.1, 0.15) is 46.8 Å². The Morgan fingerprint density at radius 3 is 2.62 bits per heavy atom. The molecule has 1 aliphatic heterocycles. The van der Waals surface area contributed by atoms with E-state index in [0.717, 1.165) is 0 Å². The number of hydrogen-bond donors (Lipinski definition) is 3. The Balaban J connectivity index is 2.13. The molecule has 1 aliphatic rings. The van der Waals surface area contributed by atoms with Gasteiger partial charge < -0.3 is 0 Å². The molecule has 0 aliphatic carbocycles. The summed E-state index contributed by atoms with van der Waals surface area (Å²) in [6.45, 7) is 7.74. The molecule has 0 amide bonds. The van der Waals surface area contributed by atoms with Crippen molar-refractivity contribution in [3.63, 3.8) is 0 Å². The van der Waals surface area contributed by atoms with Gasteiger partial charge in [0, 0.05) is 0 Å². The topological polar surface area (TPSA) is 141 Å². The molecule has 1 fully saturated rings. The summed E-state index contributed by atoms with van der Waals surface area (Å²) in [6.07, 6.45) is -0.563. The van der Waals surface area contributed by atoms with Gasteiger partial charge in [0.05, 0.1) is 0 Å². The number of aromatic nitrogens is 2. The van der Waals surface area contributed by atoms with E-state index in [1.807, 2.05) is 32.4 Å². The summed E-state index contributed by atoms with van der Waals surface area (Å²) in [4.78, 5) is 36.6. The summed E-state index contributed by atoms with van der Waals surface area (Å²) >= 11 is 0. The van der Waals surface area contributed by atoms with Gasteiger partial charge in [-0.1, -0.05) is 0 Å². The fraction of sp³-hybridized carbons (Fsp3) is 0.722. The fourth-order valence-electron chi connectivity index (χ4n) is 3.80. The quantitative estimate of drug-likeness (QED) is 0.487. The molecule has 1 aromatic heterocycles. The predicted molar refractivity (Wildman–Crippen MR) is 110 cm³/mol. The van der Waals surface area contributed by atoms with Crippen LogP contribution in [0, 0.1) is 11.3 Å². The second kappa shape index (κ2) is 9.94. The SMILES string of the molecule is CC(C)N(C(C)C)[PH](O)(CCC#N)OC[C@H]1O[C@@H](n2ccc(=O)[nH]c2=O)C[C@@H]1O. The van der Waals surface area contributed by atoms with Crippen molar-refractivity contribution in [2.24, 2.45) is 0 Å². The summed E-state index contributed by atoms with van der Waals surface area (Å²) in [5, 5.41) is 19.4. The molecule has 1 aromatic rings. The van der Waals surface area contributed by atoms with Gasteiger partial charge in [-0.3, -0.25) is 0 Å². The number of rotatable bonds is 9. The molecule has 164 valence electrons. The molecule has 2 rings (SSSR count). The maximum absolute atomic E-state index is 12.0. The average Bonchev–Trinajstić information content (AvgIpc) is 2.98. The first-order valence-electron chi connectivity index (χ1n) is 9.75. The zero-order valence-corrected chi connectivity index (χ0v) is 18.2. The van der Waals surface area contributed by atoms with E-state index in [1.54, 1.807) is 0 Å². The van der Waals surface area contributed by atoms with Gasteiger partial charge in [-0.15, -0.1) is 0 Å². The first-order chi connectivity index (χ1) is 13.6. The van der Waals surface area contributed by atoms with Gasteiger partial charge in [0.25, 0.3) is 0 Å². The van der Waals surface area contributed by atoms with Gasteiger partial charge in [0.1, 0.15) is 0 Å². The van der Waals surface area contributed by atoms with Crippen molar-refractivity contribution < 1.29 is 19.3 Å². The van der Waals surface area contributed by atoms with Gasteiger partial charge in [0.2, 0.25) is 0 Å². The first-order valence-corrected chi connectivity index (χ1v) is 11.8. The molecular weight excluding hydrogens is 399 g/mol. The Hall–Kier alpha value is -1.60. The number of ether oxygens (including phenoxy) is 1. The molecule has 1 saturated heterocycles. The minimum atomic E-state index is -3.44. The summed E-state index contributed by atoms with van der Waals surface area (Å²) in [5.74, 6) is 0. The van der Waals surface area contributed by atoms with Crippen LogP contribution in [0.25, 0.3) is 0 Å². The standard InChI is InChI=1S/C18H31N4O6P/c1-12(2)22(13(3)4)29(26,9-5-7-19)27-11-15-14(23)10-17(28-15)21-8-6-16(24)20-18(21)25/h6,8,12-15,17,23,26,29H,5,9-11H2,1-4H3,(H,20,24,25)/t14-,15+,17+/m0/s1. The van der Waals surface area contributed by atoms with E-state index in [0.29, 0.717) is 0 Å². The van der Waals surface area contributed by atoms with Crippen molar-refractivity contribution in [3.8, 4) is 6.07 Å². The van der Waals surface area contributed by atoms with Crippen molar-refractivity contribution in [1.82, 2.24) is 14.2 Å². The Kier molecular flexibility index (Phi) is 8.11. The Morgan fingerprint density at radius 2 is 2.07 bits per heavy atom. The molecule has 0 spiro atoms. The van der Waals surface area contributed by atoms with E-state index in [2.05, 4.69) is 11.1 Å².